The van der Waals surface area contributed by atoms with Crippen LogP contribution in [0.1, 0.15) is 26.7 Å². The third-order valence-electron chi connectivity index (χ3n) is 4.34. The summed E-state index contributed by atoms with van der Waals surface area (Å²) in [6.45, 7) is 3.43. The maximum Gasteiger partial charge on any atom is 0.307 e. The molecule has 1 heterocycles. The summed E-state index contributed by atoms with van der Waals surface area (Å²) in [5, 5.41) is 11.6. The highest BCUT2D eigenvalue weighted by Gasteiger charge is 2.66. The predicted molar refractivity (Wildman–Crippen MR) is 67.3 cm³/mol. The molecule has 0 aromatic carbocycles. The molecule has 7 heteroatoms. The Labute approximate surface area is 116 Å². The van der Waals surface area contributed by atoms with Gasteiger partial charge in [-0.25, -0.2) is 0 Å². The van der Waals surface area contributed by atoms with Crippen molar-refractivity contribution in [3.05, 3.63) is 0 Å². The number of likely N-dealkylation sites (N-methyl/N-ethyl adjacent to an activating group) is 1. The van der Waals surface area contributed by atoms with E-state index in [0.29, 0.717) is 0 Å². The maximum absolute atomic E-state index is 12.1. The lowest BCUT2D eigenvalue weighted by atomic mass is 10.0. The highest BCUT2D eigenvalue weighted by Crippen LogP contribution is 2.58. The molecule has 1 saturated carbocycles. The molecule has 7 nitrogen and oxygen atoms in total. The Kier molecular flexibility index (Phi) is 3.31. The van der Waals surface area contributed by atoms with Crippen LogP contribution in [0.25, 0.3) is 0 Å². The van der Waals surface area contributed by atoms with E-state index in [4.69, 9.17) is 5.11 Å². The summed E-state index contributed by atoms with van der Waals surface area (Å²) in [5.41, 5.74) is -0.602. The van der Waals surface area contributed by atoms with Gasteiger partial charge in [-0.1, -0.05) is 13.8 Å². The van der Waals surface area contributed by atoms with Crippen molar-refractivity contribution >= 4 is 23.7 Å². The topological polar surface area (TPSA) is 104 Å². The quantitative estimate of drug-likeness (QED) is 0.686. The Morgan fingerprint density at radius 1 is 1.30 bits per heavy atom. The van der Waals surface area contributed by atoms with E-state index in [1.165, 1.54) is 7.05 Å². The van der Waals surface area contributed by atoms with E-state index < -0.39 is 41.1 Å². The number of hydrogen-bond donors (Lipinski definition) is 2. The van der Waals surface area contributed by atoms with Crippen molar-refractivity contribution in [2.75, 3.05) is 7.05 Å². The third kappa shape index (κ3) is 2.17. The van der Waals surface area contributed by atoms with Crippen molar-refractivity contribution < 1.29 is 24.3 Å². The number of nitrogens with one attached hydrogen (secondary N) is 1. The summed E-state index contributed by atoms with van der Waals surface area (Å²) < 4.78 is 0. The molecule has 2 fully saturated rings. The number of carbonyl (C=O) groups is 4. The van der Waals surface area contributed by atoms with Gasteiger partial charge in [0.1, 0.15) is 6.04 Å². The Balaban J connectivity index is 2.01. The first kappa shape index (κ1) is 14.5. The Morgan fingerprint density at radius 2 is 1.90 bits per heavy atom. The van der Waals surface area contributed by atoms with E-state index in [9.17, 15) is 19.2 Å². The minimum Gasteiger partial charge on any atom is -0.481 e. The van der Waals surface area contributed by atoms with Crippen LogP contribution in [0.2, 0.25) is 0 Å². The second-order valence-corrected chi connectivity index (χ2v) is 6.01. The van der Waals surface area contributed by atoms with E-state index in [1.807, 2.05) is 0 Å². The second-order valence-electron chi connectivity index (χ2n) is 6.01. The lowest BCUT2D eigenvalue weighted by Crippen LogP contribution is -2.53. The molecule has 0 bridgehead atoms. The van der Waals surface area contributed by atoms with Crippen molar-refractivity contribution in [2.24, 2.45) is 17.3 Å². The van der Waals surface area contributed by atoms with E-state index in [2.05, 4.69) is 5.32 Å². The molecule has 3 atom stereocenters. The van der Waals surface area contributed by atoms with Gasteiger partial charge >= 0.3 is 5.97 Å². The molecule has 110 valence electrons. The first-order valence-electron chi connectivity index (χ1n) is 6.51. The summed E-state index contributed by atoms with van der Waals surface area (Å²) in [5.74, 6) is -3.49. The molecule has 2 rings (SSSR count). The fourth-order valence-corrected chi connectivity index (χ4v) is 2.90. The third-order valence-corrected chi connectivity index (χ3v) is 4.34. The first-order chi connectivity index (χ1) is 9.17. The average molecular weight is 282 g/mol. The summed E-state index contributed by atoms with van der Waals surface area (Å²) in [6, 6.07) is -0.740. The number of hydrogen-bond acceptors (Lipinski definition) is 4. The van der Waals surface area contributed by atoms with Crippen LogP contribution in [0.5, 0.6) is 0 Å². The number of carbonyl (C=O) groups excluding carboxylic acids is 3. The number of nitrogens with zero attached hydrogens (tertiary/aromatic N) is 1. The van der Waals surface area contributed by atoms with Gasteiger partial charge in [0.05, 0.1) is 11.8 Å². The SMILES string of the molecule is CN1C(=O)CCC(NC(=O)[C@H]2[C@@H](C(=O)O)C2(C)C)C1=O. The zero-order valence-corrected chi connectivity index (χ0v) is 11.7. The number of carboxylic acids is 1. The molecule has 20 heavy (non-hydrogen) atoms. The van der Waals surface area contributed by atoms with Crippen LogP contribution in [0, 0.1) is 17.3 Å². The molecule has 2 aliphatic rings. The van der Waals surface area contributed by atoms with Crippen LogP contribution in [0.15, 0.2) is 0 Å². The Morgan fingerprint density at radius 3 is 2.40 bits per heavy atom. The van der Waals surface area contributed by atoms with Gasteiger partial charge in [0.25, 0.3) is 5.91 Å². The fourth-order valence-electron chi connectivity index (χ4n) is 2.90. The Bertz CT molecular complexity index is 499. The highest BCUT2D eigenvalue weighted by atomic mass is 16.4. The fraction of sp³-hybridized carbons (Fsp3) is 0.692. The van der Waals surface area contributed by atoms with E-state index in [-0.39, 0.29) is 18.7 Å². The second kappa shape index (κ2) is 4.57. The number of aliphatic carboxylic acids is 1. The van der Waals surface area contributed by atoms with Crippen LogP contribution in [-0.2, 0) is 19.2 Å². The molecule has 1 aliphatic carbocycles. The van der Waals surface area contributed by atoms with Crippen LogP contribution in [0.3, 0.4) is 0 Å². The van der Waals surface area contributed by atoms with Gasteiger partial charge < -0.3 is 10.4 Å². The number of piperidine rings is 1. The van der Waals surface area contributed by atoms with Crippen molar-refractivity contribution in [1.82, 2.24) is 10.2 Å². The van der Waals surface area contributed by atoms with E-state index in [0.717, 1.165) is 4.90 Å². The van der Waals surface area contributed by atoms with Crippen LogP contribution >= 0.6 is 0 Å². The van der Waals surface area contributed by atoms with Crippen molar-refractivity contribution in [3.8, 4) is 0 Å². The lowest BCUT2D eigenvalue weighted by molar-refractivity contribution is -0.149. The minimum atomic E-state index is -1.00. The Hall–Kier alpha value is -1.92. The normalized spacial score (nSPS) is 31.9. The molecule has 1 aliphatic heterocycles. The van der Waals surface area contributed by atoms with Crippen LogP contribution < -0.4 is 5.32 Å². The summed E-state index contributed by atoms with van der Waals surface area (Å²) in [7, 11) is 1.38. The molecular formula is C13H18N2O5. The van der Waals surface area contributed by atoms with Gasteiger partial charge in [-0.05, 0) is 11.8 Å². The van der Waals surface area contributed by atoms with Crippen LogP contribution in [0.4, 0.5) is 0 Å². The first-order valence-corrected chi connectivity index (χ1v) is 6.51. The molecule has 0 spiro atoms. The standard InChI is InChI=1S/C13H18N2O5/c1-13(2)8(9(13)12(19)20)10(17)14-6-4-5-7(16)15(3)11(6)18/h6,8-9H,4-5H2,1-3H3,(H,14,17)(H,19,20)/t6?,8-,9+/m1/s1. The lowest BCUT2D eigenvalue weighted by Gasteiger charge is -2.28. The molecular weight excluding hydrogens is 264 g/mol. The van der Waals surface area contributed by atoms with Crippen molar-refractivity contribution in [3.63, 3.8) is 0 Å². The molecule has 3 amide bonds. The smallest absolute Gasteiger partial charge is 0.307 e. The van der Waals surface area contributed by atoms with E-state index >= 15 is 0 Å². The monoisotopic (exact) mass is 282 g/mol. The maximum atomic E-state index is 12.1. The average Bonchev–Trinajstić information content (AvgIpc) is 2.93. The molecule has 1 saturated heterocycles. The number of imide groups is 1. The molecule has 0 radical (unpaired) electrons. The number of likely N-dealkylation sites (tertiary alicyclic amines) is 1. The van der Waals surface area contributed by atoms with Gasteiger partial charge in [-0.15, -0.1) is 0 Å². The van der Waals surface area contributed by atoms with Gasteiger partial charge in [0, 0.05) is 13.5 Å². The molecule has 0 aromatic heterocycles. The minimum absolute atomic E-state index is 0.198. The highest BCUT2D eigenvalue weighted by molar-refractivity contribution is 6.02. The van der Waals surface area contributed by atoms with Crippen LogP contribution in [-0.4, -0.2) is 46.8 Å². The summed E-state index contributed by atoms with van der Waals surface area (Å²) >= 11 is 0. The number of rotatable bonds is 3. The van der Waals surface area contributed by atoms with E-state index in [1.54, 1.807) is 13.8 Å². The van der Waals surface area contributed by atoms with Gasteiger partial charge in [0.2, 0.25) is 11.8 Å². The summed E-state index contributed by atoms with van der Waals surface area (Å²) in [6.07, 6.45) is 0.461. The summed E-state index contributed by atoms with van der Waals surface area (Å²) in [4.78, 5) is 47.4. The zero-order valence-electron chi connectivity index (χ0n) is 11.7. The molecule has 1 unspecified atom stereocenters. The van der Waals surface area contributed by atoms with Crippen molar-refractivity contribution in [1.29, 1.82) is 0 Å². The number of amides is 3. The van der Waals surface area contributed by atoms with Gasteiger partial charge in [-0.2, -0.15) is 0 Å². The molecule has 2 N–H and O–H groups in total. The zero-order chi connectivity index (χ0) is 15.2. The predicted octanol–water partition coefficient (Wildman–Crippen LogP) is -0.393. The largest absolute Gasteiger partial charge is 0.481 e. The van der Waals surface area contributed by atoms with Gasteiger partial charge in [0.15, 0.2) is 0 Å². The van der Waals surface area contributed by atoms with Gasteiger partial charge in [-0.3, -0.25) is 24.1 Å². The molecule has 0 aromatic rings. The number of carboxylic acid groups (broad SMARTS) is 1. The van der Waals surface area contributed by atoms with Crippen molar-refractivity contribution in [2.45, 2.75) is 32.7 Å².